The molecule has 25 heavy (non-hydrogen) atoms. The van der Waals surface area contributed by atoms with Gasteiger partial charge in [0.25, 0.3) is 5.91 Å². The molecule has 0 bridgehead atoms. The topological polar surface area (TPSA) is 122 Å². The number of carbonyl (C=O) groups excluding carboxylic acids is 2. The Balaban J connectivity index is 2.13. The maximum Gasteiger partial charge on any atom is 0.305 e. The lowest BCUT2D eigenvalue weighted by molar-refractivity contribution is -0.139. The summed E-state index contributed by atoms with van der Waals surface area (Å²) in [5, 5.41) is 12.5. The number of pyridine rings is 1. The smallest absolute Gasteiger partial charge is 0.305 e. The molecule has 0 fully saturated rings. The standard InChI is InChI=1S/C18H15N3O4/c19-17(24)14(9-15(22)23)21-18(25)16-10-5-1-3-7-12(10)20-13-8-4-2-6-11(13)16/h1-8,14H,9H2,(H2,19,24)(H,21,25)(H,22,23)/t14-/m1/s1. The number of nitrogens with zero attached hydrogens (tertiary/aromatic N) is 1. The maximum absolute atomic E-state index is 12.8. The number of para-hydroxylation sites is 2. The van der Waals surface area contributed by atoms with Crippen LogP contribution in [0.15, 0.2) is 48.5 Å². The minimum atomic E-state index is -1.30. The van der Waals surface area contributed by atoms with E-state index in [0.717, 1.165) is 0 Å². The lowest BCUT2D eigenvalue weighted by atomic mass is 10.0. The molecule has 0 aliphatic carbocycles. The molecule has 0 unspecified atom stereocenters. The average molecular weight is 337 g/mol. The van der Waals surface area contributed by atoms with Crippen molar-refractivity contribution in [1.29, 1.82) is 0 Å². The molecule has 3 rings (SSSR count). The average Bonchev–Trinajstić information content (AvgIpc) is 2.58. The summed E-state index contributed by atoms with van der Waals surface area (Å²) in [6.07, 6.45) is -0.581. The van der Waals surface area contributed by atoms with Crippen LogP contribution in [0.4, 0.5) is 0 Å². The number of carboxylic acids is 1. The third kappa shape index (κ3) is 3.25. The molecule has 4 N–H and O–H groups in total. The first kappa shape index (κ1) is 16.4. The van der Waals surface area contributed by atoms with Gasteiger partial charge in [0.15, 0.2) is 0 Å². The Morgan fingerprint density at radius 3 is 2.00 bits per heavy atom. The second-order valence-electron chi connectivity index (χ2n) is 5.55. The van der Waals surface area contributed by atoms with Crippen LogP contribution in [0.3, 0.4) is 0 Å². The van der Waals surface area contributed by atoms with Gasteiger partial charge in [0.2, 0.25) is 5.91 Å². The van der Waals surface area contributed by atoms with E-state index in [1.54, 1.807) is 36.4 Å². The summed E-state index contributed by atoms with van der Waals surface area (Å²) >= 11 is 0. The van der Waals surface area contributed by atoms with Crippen molar-refractivity contribution in [3.8, 4) is 0 Å². The van der Waals surface area contributed by atoms with Gasteiger partial charge in [0, 0.05) is 10.8 Å². The van der Waals surface area contributed by atoms with E-state index in [1.807, 2.05) is 12.1 Å². The van der Waals surface area contributed by atoms with Crippen LogP contribution in [0.2, 0.25) is 0 Å². The summed E-state index contributed by atoms with van der Waals surface area (Å²) in [5.74, 6) is -2.70. The summed E-state index contributed by atoms with van der Waals surface area (Å²) in [5.41, 5.74) is 6.79. The number of fused-ring (bicyclic) bond motifs is 2. The number of amides is 2. The molecule has 2 amide bonds. The van der Waals surface area contributed by atoms with Crippen molar-refractivity contribution in [3.05, 3.63) is 54.1 Å². The Bertz CT molecular complexity index is 946. The summed E-state index contributed by atoms with van der Waals surface area (Å²) in [6.45, 7) is 0. The van der Waals surface area contributed by atoms with Gasteiger partial charge in [-0.05, 0) is 12.1 Å². The Hall–Kier alpha value is -3.48. The monoisotopic (exact) mass is 337 g/mol. The van der Waals surface area contributed by atoms with E-state index in [4.69, 9.17) is 10.8 Å². The van der Waals surface area contributed by atoms with Gasteiger partial charge >= 0.3 is 5.97 Å². The Kier molecular flexibility index (Phi) is 4.30. The summed E-state index contributed by atoms with van der Waals surface area (Å²) < 4.78 is 0. The molecule has 1 atom stereocenters. The normalized spacial score (nSPS) is 12.0. The summed E-state index contributed by atoms with van der Waals surface area (Å²) in [7, 11) is 0. The Morgan fingerprint density at radius 2 is 1.52 bits per heavy atom. The predicted octanol–water partition coefficient (Wildman–Crippen LogP) is 1.45. The van der Waals surface area contributed by atoms with Crippen molar-refractivity contribution in [2.45, 2.75) is 12.5 Å². The Labute approximate surface area is 142 Å². The number of rotatable bonds is 5. The van der Waals surface area contributed by atoms with Gasteiger partial charge in [-0.3, -0.25) is 14.4 Å². The van der Waals surface area contributed by atoms with Crippen molar-refractivity contribution < 1.29 is 19.5 Å². The number of hydrogen-bond donors (Lipinski definition) is 3. The van der Waals surface area contributed by atoms with Crippen LogP contribution in [-0.2, 0) is 9.59 Å². The summed E-state index contributed by atoms with van der Waals surface area (Å²) in [4.78, 5) is 39.7. The lowest BCUT2D eigenvalue weighted by Crippen LogP contribution is -2.45. The number of primary amides is 1. The number of carbonyl (C=O) groups is 3. The van der Waals surface area contributed by atoms with E-state index in [2.05, 4.69) is 10.3 Å². The molecule has 1 heterocycles. The van der Waals surface area contributed by atoms with E-state index >= 15 is 0 Å². The van der Waals surface area contributed by atoms with Gasteiger partial charge in [0.05, 0.1) is 23.0 Å². The van der Waals surface area contributed by atoms with Crippen LogP contribution in [0, 0.1) is 0 Å². The molecule has 126 valence electrons. The molecule has 0 spiro atoms. The number of aromatic nitrogens is 1. The molecule has 7 nitrogen and oxygen atoms in total. The first-order valence-corrected chi connectivity index (χ1v) is 7.57. The van der Waals surface area contributed by atoms with E-state index in [0.29, 0.717) is 27.4 Å². The van der Waals surface area contributed by atoms with Gasteiger partial charge in [-0.25, -0.2) is 4.98 Å². The molecule has 0 aliphatic heterocycles. The first-order chi connectivity index (χ1) is 12.0. The maximum atomic E-state index is 12.8. The quantitative estimate of drug-likeness (QED) is 0.608. The van der Waals surface area contributed by atoms with Crippen molar-refractivity contribution in [1.82, 2.24) is 10.3 Å². The molecule has 2 aromatic carbocycles. The second-order valence-corrected chi connectivity index (χ2v) is 5.55. The third-order valence-electron chi connectivity index (χ3n) is 3.84. The highest BCUT2D eigenvalue weighted by Gasteiger charge is 2.24. The highest BCUT2D eigenvalue weighted by Crippen LogP contribution is 2.25. The zero-order chi connectivity index (χ0) is 18.0. The zero-order valence-electron chi connectivity index (χ0n) is 13.1. The fourth-order valence-corrected chi connectivity index (χ4v) is 2.71. The molecular formula is C18H15N3O4. The van der Waals surface area contributed by atoms with Crippen LogP contribution < -0.4 is 11.1 Å². The lowest BCUT2D eigenvalue weighted by Gasteiger charge is -2.16. The molecule has 0 saturated carbocycles. The van der Waals surface area contributed by atoms with Gasteiger partial charge in [0.1, 0.15) is 6.04 Å². The molecule has 0 saturated heterocycles. The van der Waals surface area contributed by atoms with Crippen molar-refractivity contribution in [3.63, 3.8) is 0 Å². The number of hydrogen-bond acceptors (Lipinski definition) is 4. The van der Waals surface area contributed by atoms with Crippen molar-refractivity contribution in [2.75, 3.05) is 0 Å². The number of aliphatic carboxylic acids is 1. The fourth-order valence-electron chi connectivity index (χ4n) is 2.71. The van der Waals surface area contributed by atoms with Crippen LogP contribution in [0.1, 0.15) is 16.8 Å². The number of nitrogens with two attached hydrogens (primary N) is 1. The van der Waals surface area contributed by atoms with E-state index in [9.17, 15) is 14.4 Å². The van der Waals surface area contributed by atoms with Crippen molar-refractivity contribution >= 4 is 39.6 Å². The molecule has 0 radical (unpaired) electrons. The van der Waals surface area contributed by atoms with E-state index in [-0.39, 0.29) is 0 Å². The molecular weight excluding hydrogens is 322 g/mol. The highest BCUT2D eigenvalue weighted by atomic mass is 16.4. The number of nitrogens with one attached hydrogen (secondary N) is 1. The third-order valence-corrected chi connectivity index (χ3v) is 3.84. The first-order valence-electron chi connectivity index (χ1n) is 7.57. The highest BCUT2D eigenvalue weighted by molar-refractivity contribution is 6.16. The SMILES string of the molecule is NC(=O)[C@@H](CC(=O)O)NC(=O)c1c2ccccc2nc2ccccc12. The van der Waals surface area contributed by atoms with Crippen LogP contribution in [-0.4, -0.2) is 33.9 Å². The molecule has 7 heteroatoms. The molecule has 1 aromatic heterocycles. The van der Waals surface area contributed by atoms with Crippen LogP contribution in [0.25, 0.3) is 21.8 Å². The number of carboxylic acid groups (broad SMARTS) is 1. The Morgan fingerprint density at radius 1 is 1.00 bits per heavy atom. The summed E-state index contributed by atoms with van der Waals surface area (Å²) in [6, 6.07) is 12.9. The van der Waals surface area contributed by atoms with Crippen LogP contribution >= 0.6 is 0 Å². The molecule has 0 aliphatic rings. The van der Waals surface area contributed by atoms with Gasteiger partial charge < -0.3 is 16.2 Å². The van der Waals surface area contributed by atoms with Crippen molar-refractivity contribution in [2.24, 2.45) is 5.73 Å². The predicted molar refractivity (Wildman–Crippen MR) is 92.0 cm³/mol. The van der Waals surface area contributed by atoms with Crippen LogP contribution in [0.5, 0.6) is 0 Å². The van der Waals surface area contributed by atoms with E-state index < -0.39 is 30.2 Å². The second kappa shape index (κ2) is 6.56. The van der Waals surface area contributed by atoms with E-state index in [1.165, 1.54) is 0 Å². The largest absolute Gasteiger partial charge is 0.481 e. The zero-order valence-corrected chi connectivity index (χ0v) is 13.1. The van der Waals surface area contributed by atoms with Gasteiger partial charge in [-0.1, -0.05) is 36.4 Å². The van der Waals surface area contributed by atoms with Gasteiger partial charge in [-0.15, -0.1) is 0 Å². The minimum Gasteiger partial charge on any atom is -0.481 e. The van der Waals surface area contributed by atoms with Gasteiger partial charge in [-0.2, -0.15) is 0 Å². The fraction of sp³-hybridized carbons (Fsp3) is 0.111. The number of benzene rings is 2. The molecule has 3 aromatic rings. The minimum absolute atomic E-state index is 0.331.